The Morgan fingerprint density at radius 3 is 2.28 bits per heavy atom. The van der Waals surface area contributed by atoms with E-state index in [2.05, 4.69) is 5.32 Å². The highest BCUT2D eigenvalue weighted by Gasteiger charge is 2.46. The third-order valence-corrected chi connectivity index (χ3v) is 6.05. The van der Waals surface area contributed by atoms with Crippen LogP contribution in [-0.2, 0) is 19.7 Å². The standard InChI is InChI=1S/C19H24ClNO4/c20-15-4-2-14(3-5-15)19(8-10-25-11-9-19)13-21-16(22)12-18(17(23)24)6-1-7-18/h2-5H,1,6-13H2,(H,21,22)(H,23,24). The number of amides is 1. The molecule has 1 saturated carbocycles. The number of hydrogen-bond donors (Lipinski definition) is 2. The second-order valence-electron chi connectivity index (χ2n) is 7.29. The van der Waals surface area contributed by atoms with E-state index in [1.165, 1.54) is 0 Å². The second kappa shape index (κ2) is 7.34. The summed E-state index contributed by atoms with van der Waals surface area (Å²) in [5.41, 5.74) is 0.0962. The molecule has 0 aromatic heterocycles. The Bertz CT molecular complexity index is 633. The molecule has 136 valence electrons. The Labute approximate surface area is 152 Å². The second-order valence-corrected chi connectivity index (χ2v) is 7.73. The number of ether oxygens (including phenoxy) is 1. The summed E-state index contributed by atoms with van der Waals surface area (Å²) in [5, 5.41) is 13.1. The van der Waals surface area contributed by atoms with E-state index in [4.69, 9.17) is 16.3 Å². The van der Waals surface area contributed by atoms with E-state index in [0.29, 0.717) is 37.6 Å². The average Bonchev–Trinajstić information content (AvgIpc) is 2.57. The van der Waals surface area contributed by atoms with E-state index in [-0.39, 0.29) is 17.7 Å². The minimum atomic E-state index is -0.854. The quantitative estimate of drug-likeness (QED) is 0.812. The maximum absolute atomic E-state index is 12.4. The Balaban J connectivity index is 1.68. The van der Waals surface area contributed by atoms with Crippen LogP contribution in [0, 0.1) is 5.41 Å². The summed E-state index contributed by atoms with van der Waals surface area (Å²) in [6.07, 6.45) is 3.76. The Hall–Kier alpha value is -1.59. The van der Waals surface area contributed by atoms with Crippen LogP contribution in [0.1, 0.15) is 44.1 Å². The average molecular weight is 366 g/mol. The van der Waals surface area contributed by atoms with Crippen LogP contribution < -0.4 is 5.32 Å². The molecule has 2 fully saturated rings. The van der Waals surface area contributed by atoms with Gasteiger partial charge in [-0.05, 0) is 43.4 Å². The molecule has 0 unspecified atom stereocenters. The number of carbonyl (C=O) groups excluding carboxylic acids is 1. The van der Waals surface area contributed by atoms with Gasteiger partial charge in [-0.2, -0.15) is 0 Å². The van der Waals surface area contributed by atoms with Gasteiger partial charge >= 0.3 is 5.97 Å². The lowest BCUT2D eigenvalue weighted by Gasteiger charge is -2.39. The molecule has 1 aromatic carbocycles. The molecule has 0 bridgehead atoms. The van der Waals surface area contributed by atoms with Gasteiger partial charge in [-0.15, -0.1) is 0 Å². The van der Waals surface area contributed by atoms with Crippen molar-refractivity contribution < 1.29 is 19.4 Å². The first-order chi connectivity index (χ1) is 12.0. The number of nitrogens with one attached hydrogen (secondary N) is 1. The third kappa shape index (κ3) is 3.82. The number of rotatable bonds is 6. The Morgan fingerprint density at radius 2 is 1.76 bits per heavy atom. The fraction of sp³-hybridized carbons (Fsp3) is 0.579. The smallest absolute Gasteiger partial charge is 0.310 e. The summed E-state index contributed by atoms with van der Waals surface area (Å²) in [6, 6.07) is 7.74. The highest BCUT2D eigenvalue weighted by Crippen LogP contribution is 2.44. The van der Waals surface area contributed by atoms with E-state index in [0.717, 1.165) is 24.8 Å². The van der Waals surface area contributed by atoms with Gasteiger partial charge < -0.3 is 15.2 Å². The number of aliphatic carboxylic acids is 1. The van der Waals surface area contributed by atoms with Crippen molar-refractivity contribution in [1.29, 1.82) is 0 Å². The molecule has 25 heavy (non-hydrogen) atoms. The molecule has 1 aromatic rings. The van der Waals surface area contributed by atoms with Gasteiger partial charge in [0.05, 0.1) is 5.41 Å². The first kappa shape index (κ1) is 18.2. The van der Waals surface area contributed by atoms with Crippen LogP contribution in [0.2, 0.25) is 5.02 Å². The van der Waals surface area contributed by atoms with Crippen LogP contribution in [0.4, 0.5) is 0 Å². The lowest BCUT2D eigenvalue weighted by atomic mass is 9.66. The van der Waals surface area contributed by atoms with Crippen molar-refractivity contribution in [3.05, 3.63) is 34.9 Å². The summed E-state index contributed by atoms with van der Waals surface area (Å²) in [5.74, 6) is -1.03. The molecule has 5 nitrogen and oxygen atoms in total. The van der Waals surface area contributed by atoms with E-state index < -0.39 is 11.4 Å². The van der Waals surface area contributed by atoms with Crippen molar-refractivity contribution in [3.63, 3.8) is 0 Å². The van der Waals surface area contributed by atoms with Crippen LogP contribution in [-0.4, -0.2) is 36.7 Å². The Morgan fingerprint density at radius 1 is 1.12 bits per heavy atom. The summed E-state index contributed by atoms with van der Waals surface area (Å²) in [6.45, 7) is 1.79. The number of carbonyl (C=O) groups is 2. The molecular weight excluding hydrogens is 342 g/mol. The van der Waals surface area contributed by atoms with Gasteiger partial charge in [0.1, 0.15) is 0 Å². The van der Waals surface area contributed by atoms with E-state index in [1.807, 2.05) is 24.3 Å². The third-order valence-electron chi connectivity index (χ3n) is 5.79. The van der Waals surface area contributed by atoms with Crippen LogP contribution in [0.5, 0.6) is 0 Å². The molecule has 6 heteroatoms. The van der Waals surface area contributed by atoms with Gasteiger partial charge in [0.15, 0.2) is 0 Å². The zero-order valence-electron chi connectivity index (χ0n) is 14.2. The maximum Gasteiger partial charge on any atom is 0.310 e. The molecule has 3 rings (SSSR count). The molecule has 1 amide bonds. The van der Waals surface area contributed by atoms with Gasteiger partial charge in [-0.1, -0.05) is 30.2 Å². The molecule has 0 radical (unpaired) electrons. The number of carboxylic acid groups (broad SMARTS) is 1. The highest BCUT2D eigenvalue weighted by atomic mass is 35.5. The first-order valence-corrected chi connectivity index (χ1v) is 9.18. The van der Waals surface area contributed by atoms with Gasteiger partial charge in [0.2, 0.25) is 5.91 Å². The molecular formula is C19H24ClNO4. The Kier molecular flexibility index (Phi) is 5.35. The van der Waals surface area contributed by atoms with Gasteiger partial charge in [-0.3, -0.25) is 9.59 Å². The van der Waals surface area contributed by atoms with Gasteiger partial charge in [-0.25, -0.2) is 0 Å². The number of carboxylic acids is 1. The maximum atomic E-state index is 12.4. The van der Waals surface area contributed by atoms with Crippen LogP contribution in [0.15, 0.2) is 24.3 Å². The van der Waals surface area contributed by atoms with Gasteiger partial charge in [0, 0.05) is 36.6 Å². The minimum absolute atomic E-state index is 0.0650. The molecule has 1 saturated heterocycles. The molecule has 0 spiro atoms. The van der Waals surface area contributed by atoms with Crippen molar-refractivity contribution in [1.82, 2.24) is 5.32 Å². The largest absolute Gasteiger partial charge is 0.481 e. The van der Waals surface area contributed by atoms with Crippen molar-refractivity contribution in [3.8, 4) is 0 Å². The fourth-order valence-electron chi connectivity index (χ4n) is 3.84. The van der Waals surface area contributed by atoms with E-state index >= 15 is 0 Å². The SMILES string of the molecule is O=C(CC1(C(=O)O)CCC1)NCC1(c2ccc(Cl)cc2)CCOCC1. The lowest BCUT2D eigenvalue weighted by Crippen LogP contribution is -2.47. The lowest BCUT2D eigenvalue weighted by molar-refractivity contribution is -0.157. The van der Waals surface area contributed by atoms with Crippen molar-refractivity contribution in [2.24, 2.45) is 5.41 Å². The predicted molar refractivity (Wildman–Crippen MR) is 94.7 cm³/mol. The van der Waals surface area contributed by atoms with Crippen molar-refractivity contribution in [2.75, 3.05) is 19.8 Å². The van der Waals surface area contributed by atoms with Crippen molar-refractivity contribution >= 4 is 23.5 Å². The first-order valence-electron chi connectivity index (χ1n) is 8.80. The summed E-state index contributed by atoms with van der Waals surface area (Å²) < 4.78 is 5.50. The zero-order valence-corrected chi connectivity index (χ0v) is 15.0. The molecule has 1 aliphatic carbocycles. The normalized spacial score (nSPS) is 21.2. The van der Waals surface area contributed by atoms with Crippen molar-refractivity contribution in [2.45, 2.75) is 43.9 Å². The molecule has 2 N–H and O–H groups in total. The molecule has 2 aliphatic rings. The monoisotopic (exact) mass is 365 g/mol. The van der Waals surface area contributed by atoms with Crippen LogP contribution in [0.3, 0.4) is 0 Å². The van der Waals surface area contributed by atoms with E-state index in [1.54, 1.807) is 0 Å². The molecule has 1 heterocycles. The highest BCUT2D eigenvalue weighted by molar-refractivity contribution is 6.30. The zero-order chi connectivity index (χ0) is 17.9. The van der Waals surface area contributed by atoms with Gasteiger partial charge in [0.25, 0.3) is 0 Å². The number of halogens is 1. The number of benzene rings is 1. The summed E-state index contributed by atoms with van der Waals surface area (Å²) in [4.78, 5) is 23.9. The van der Waals surface area contributed by atoms with Crippen LogP contribution >= 0.6 is 11.6 Å². The summed E-state index contributed by atoms with van der Waals surface area (Å²) in [7, 11) is 0. The molecule has 0 atom stereocenters. The summed E-state index contributed by atoms with van der Waals surface area (Å²) >= 11 is 6.00. The predicted octanol–water partition coefficient (Wildman–Crippen LogP) is 3.15. The topological polar surface area (TPSA) is 75.6 Å². The van der Waals surface area contributed by atoms with E-state index in [9.17, 15) is 14.7 Å². The molecule has 1 aliphatic heterocycles. The minimum Gasteiger partial charge on any atom is -0.481 e. The fourth-order valence-corrected chi connectivity index (χ4v) is 3.97. The van der Waals surface area contributed by atoms with Crippen LogP contribution in [0.25, 0.3) is 0 Å². The number of hydrogen-bond acceptors (Lipinski definition) is 3.